The van der Waals surface area contributed by atoms with Crippen molar-refractivity contribution in [3.8, 4) is 0 Å². The van der Waals surface area contributed by atoms with E-state index in [1.165, 1.54) is 82.6 Å². The monoisotopic (exact) mass is 352 g/mol. The molecule has 26 heavy (non-hydrogen) atoms. The third-order valence-electron chi connectivity index (χ3n) is 7.20. The molecular formula is C26H40. The fourth-order valence-electron chi connectivity index (χ4n) is 5.55. The molecule has 0 amide bonds. The number of benzene rings is 1. The van der Waals surface area contributed by atoms with Gasteiger partial charge in [0.25, 0.3) is 0 Å². The van der Waals surface area contributed by atoms with E-state index in [-0.39, 0.29) is 0 Å². The normalized spacial score (nSPS) is 29.9. The highest BCUT2D eigenvalue weighted by Crippen LogP contribution is 2.44. The second kappa shape index (κ2) is 10.3. The Balaban J connectivity index is 1.45. The molecule has 0 bridgehead atoms. The number of hydrogen-bond acceptors (Lipinski definition) is 0. The maximum absolute atomic E-state index is 2.40. The molecule has 2 saturated carbocycles. The molecule has 0 heterocycles. The van der Waals surface area contributed by atoms with Crippen LogP contribution in [0.15, 0.2) is 30.3 Å². The summed E-state index contributed by atoms with van der Waals surface area (Å²) in [4.78, 5) is 0. The van der Waals surface area contributed by atoms with Crippen LogP contribution in [0.5, 0.6) is 0 Å². The Morgan fingerprint density at radius 1 is 0.769 bits per heavy atom. The molecule has 0 aliphatic heterocycles. The van der Waals surface area contributed by atoms with Gasteiger partial charge in [0.1, 0.15) is 0 Å². The predicted molar refractivity (Wildman–Crippen MR) is 115 cm³/mol. The zero-order valence-corrected chi connectivity index (χ0v) is 17.3. The molecule has 0 N–H and O–H groups in total. The van der Waals surface area contributed by atoms with Crippen molar-refractivity contribution >= 4 is 6.08 Å². The molecule has 3 rings (SSSR count). The van der Waals surface area contributed by atoms with E-state index in [1.54, 1.807) is 5.56 Å². The summed E-state index contributed by atoms with van der Waals surface area (Å²) in [6.45, 7) is 4.59. The predicted octanol–water partition coefficient (Wildman–Crippen LogP) is 8.38. The first-order valence-electron chi connectivity index (χ1n) is 11.6. The third kappa shape index (κ3) is 5.48. The van der Waals surface area contributed by atoms with Crippen molar-refractivity contribution in [3.63, 3.8) is 0 Å². The molecular weight excluding hydrogens is 312 g/mol. The van der Waals surface area contributed by atoms with E-state index in [4.69, 9.17) is 0 Å². The topological polar surface area (TPSA) is 0 Å². The first-order valence-corrected chi connectivity index (χ1v) is 11.6. The minimum absolute atomic E-state index is 0.816. The van der Waals surface area contributed by atoms with E-state index in [9.17, 15) is 0 Å². The van der Waals surface area contributed by atoms with Gasteiger partial charge in [0.2, 0.25) is 0 Å². The zero-order chi connectivity index (χ0) is 18.2. The first-order chi connectivity index (χ1) is 12.8. The highest BCUT2D eigenvalue weighted by atomic mass is 14.4. The van der Waals surface area contributed by atoms with Crippen molar-refractivity contribution in [2.75, 3.05) is 0 Å². The average Bonchev–Trinajstić information content (AvgIpc) is 2.70. The lowest BCUT2D eigenvalue weighted by molar-refractivity contribution is 0.156. The molecule has 0 unspecified atom stereocenters. The van der Waals surface area contributed by atoms with Gasteiger partial charge in [-0.15, -0.1) is 0 Å². The minimum Gasteiger partial charge on any atom is -0.0840 e. The largest absolute Gasteiger partial charge is 0.0840 e. The maximum Gasteiger partial charge on any atom is -0.0162 e. The molecule has 0 aromatic heterocycles. The quantitative estimate of drug-likeness (QED) is 0.462. The summed E-state index contributed by atoms with van der Waals surface area (Å²) >= 11 is 0. The van der Waals surface area contributed by atoms with Gasteiger partial charge in [0.15, 0.2) is 0 Å². The molecule has 0 saturated heterocycles. The fourth-order valence-corrected chi connectivity index (χ4v) is 5.55. The van der Waals surface area contributed by atoms with E-state index in [0.717, 1.165) is 23.7 Å². The molecule has 0 spiro atoms. The summed E-state index contributed by atoms with van der Waals surface area (Å²) in [5.41, 5.74) is 2.95. The smallest absolute Gasteiger partial charge is 0.0162 e. The van der Waals surface area contributed by atoms with E-state index in [0.29, 0.717) is 0 Å². The molecule has 1 aromatic rings. The molecule has 0 atom stereocenters. The van der Waals surface area contributed by atoms with Gasteiger partial charge in [-0.05, 0) is 79.7 Å². The van der Waals surface area contributed by atoms with Gasteiger partial charge in [0.05, 0.1) is 0 Å². The Morgan fingerprint density at radius 2 is 1.38 bits per heavy atom. The minimum atomic E-state index is 0.816. The van der Waals surface area contributed by atoms with Crippen LogP contribution < -0.4 is 0 Å². The lowest BCUT2D eigenvalue weighted by atomic mass is 9.68. The van der Waals surface area contributed by atoms with Crippen LogP contribution in [0.4, 0.5) is 0 Å². The Hall–Kier alpha value is -1.04. The molecule has 1 aromatic carbocycles. The number of rotatable bonds is 7. The lowest BCUT2D eigenvalue weighted by Gasteiger charge is -2.38. The molecule has 0 heteroatoms. The summed E-state index contributed by atoms with van der Waals surface area (Å²) in [5, 5.41) is 0. The van der Waals surface area contributed by atoms with Gasteiger partial charge in [-0.3, -0.25) is 0 Å². The van der Waals surface area contributed by atoms with Gasteiger partial charge in [0, 0.05) is 0 Å². The number of allylic oxidation sites excluding steroid dienone is 1. The Bertz CT molecular complexity index is 522. The van der Waals surface area contributed by atoms with Crippen LogP contribution in [0.1, 0.15) is 108 Å². The van der Waals surface area contributed by atoms with E-state index >= 15 is 0 Å². The van der Waals surface area contributed by atoms with E-state index < -0.39 is 0 Å². The van der Waals surface area contributed by atoms with Crippen LogP contribution in [0.25, 0.3) is 6.08 Å². The second-order valence-electron chi connectivity index (χ2n) is 9.04. The standard InChI is InChI=1S/C26H40/c1-3-5-6-8-22-11-15-24(16-12-22)26-19-17-25(18-20-26)23-13-9-21(7-4-2)10-14-23/h6,8,11-12,15-16,21,23,25-26H,3-5,7,9-10,13-14,17-20H2,1-2H3/b8-6+. The van der Waals surface area contributed by atoms with Crippen LogP contribution in [0.3, 0.4) is 0 Å². The van der Waals surface area contributed by atoms with Crippen molar-refractivity contribution in [2.45, 2.75) is 96.8 Å². The Morgan fingerprint density at radius 3 is 1.96 bits per heavy atom. The van der Waals surface area contributed by atoms with Crippen LogP contribution in [-0.2, 0) is 0 Å². The SMILES string of the molecule is CCC/C=C/c1ccc(C2CCC(C3CCC(CCC)CC3)CC2)cc1. The molecule has 2 fully saturated rings. The number of unbranched alkanes of at least 4 members (excludes halogenated alkanes) is 1. The fraction of sp³-hybridized carbons (Fsp3) is 0.692. The van der Waals surface area contributed by atoms with Crippen LogP contribution in [0.2, 0.25) is 0 Å². The van der Waals surface area contributed by atoms with Gasteiger partial charge in [-0.2, -0.15) is 0 Å². The highest BCUT2D eigenvalue weighted by molar-refractivity contribution is 5.49. The summed E-state index contributed by atoms with van der Waals surface area (Å²) in [6.07, 6.45) is 21.7. The Labute approximate surface area is 162 Å². The van der Waals surface area contributed by atoms with Crippen LogP contribution >= 0.6 is 0 Å². The van der Waals surface area contributed by atoms with Crippen molar-refractivity contribution in [1.29, 1.82) is 0 Å². The van der Waals surface area contributed by atoms with Gasteiger partial charge in [-0.25, -0.2) is 0 Å². The van der Waals surface area contributed by atoms with Crippen LogP contribution in [-0.4, -0.2) is 0 Å². The zero-order valence-electron chi connectivity index (χ0n) is 17.3. The molecule has 0 radical (unpaired) electrons. The van der Waals surface area contributed by atoms with Crippen molar-refractivity contribution in [2.24, 2.45) is 17.8 Å². The van der Waals surface area contributed by atoms with Crippen molar-refractivity contribution < 1.29 is 0 Å². The summed E-state index contributed by atoms with van der Waals surface area (Å²) in [5.74, 6) is 3.95. The van der Waals surface area contributed by atoms with Gasteiger partial charge in [-0.1, -0.05) is 82.4 Å². The van der Waals surface area contributed by atoms with E-state index in [2.05, 4.69) is 50.3 Å². The highest BCUT2D eigenvalue weighted by Gasteiger charge is 2.30. The van der Waals surface area contributed by atoms with Gasteiger partial charge < -0.3 is 0 Å². The lowest BCUT2D eigenvalue weighted by Crippen LogP contribution is -2.25. The summed E-state index contributed by atoms with van der Waals surface area (Å²) in [6, 6.07) is 9.43. The molecule has 2 aliphatic rings. The summed E-state index contributed by atoms with van der Waals surface area (Å²) in [7, 11) is 0. The second-order valence-corrected chi connectivity index (χ2v) is 9.04. The van der Waals surface area contributed by atoms with Crippen LogP contribution in [0, 0.1) is 17.8 Å². The average molecular weight is 353 g/mol. The van der Waals surface area contributed by atoms with Crippen molar-refractivity contribution in [3.05, 3.63) is 41.5 Å². The molecule has 0 nitrogen and oxygen atoms in total. The molecule has 2 aliphatic carbocycles. The number of hydrogen-bond donors (Lipinski definition) is 0. The van der Waals surface area contributed by atoms with Gasteiger partial charge >= 0.3 is 0 Å². The Kier molecular flexibility index (Phi) is 7.84. The first kappa shape index (κ1) is 19.7. The third-order valence-corrected chi connectivity index (χ3v) is 7.20. The maximum atomic E-state index is 2.40. The summed E-state index contributed by atoms with van der Waals surface area (Å²) < 4.78 is 0. The molecule has 144 valence electrons. The van der Waals surface area contributed by atoms with Crippen molar-refractivity contribution in [1.82, 2.24) is 0 Å². The van der Waals surface area contributed by atoms with E-state index in [1.807, 2.05) is 0 Å².